The maximum atomic E-state index is 13.6. The SMILES string of the molecule is CCNCc1cc(F)cc(Sc2ccc(OC)cc2)c1. The lowest BCUT2D eigenvalue weighted by Crippen LogP contribution is -2.11. The highest BCUT2D eigenvalue weighted by Crippen LogP contribution is 2.30. The first kappa shape index (κ1) is 14.9. The highest BCUT2D eigenvalue weighted by molar-refractivity contribution is 7.99. The summed E-state index contributed by atoms with van der Waals surface area (Å²) in [7, 11) is 1.64. The van der Waals surface area contributed by atoms with Gasteiger partial charge in [-0.25, -0.2) is 4.39 Å². The van der Waals surface area contributed by atoms with Gasteiger partial charge in [-0.1, -0.05) is 18.7 Å². The maximum absolute atomic E-state index is 13.6. The zero-order valence-electron chi connectivity index (χ0n) is 11.7. The van der Waals surface area contributed by atoms with Crippen LogP contribution in [0.5, 0.6) is 5.75 Å². The Balaban J connectivity index is 2.12. The first-order valence-electron chi connectivity index (χ1n) is 6.53. The molecular weight excluding hydrogens is 273 g/mol. The van der Waals surface area contributed by atoms with E-state index in [0.717, 1.165) is 27.6 Å². The Kier molecular flexibility index (Phi) is 5.44. The molecule has 0 radical (unpaired) electrons. The van der Waals surface area contributed by atoms with Gasteiger partial charge in [-0.2, -0.15) is 0 Å². The van der Waals surface area contributed by atoms with Crippen molar-refractivity contribution in [3.8, 4) is 5.75 Å². The number of ether oxygens (including phenoxy) is 1. The molecule has 20 heavy (non-hydrogen) atoms. The smallest absolute Gasteiger partial charge is 0.124 e. The molecule has 0 heterocycles. The standard InChI is InChI=1S/C16H18FNOS/c1-3-18-11-12-8-13(17)10-16(9-12)20-15-6-4-14(19-2)5-7-15/h4-10,18H,3,11H2,1-2H3. The second kappa shape index (κ2) is 7.31. The van der Waals surface area contributed by atoms with Crippen molar-refractivity contribution < 1.29 is 9.13 Å². The largest absolute Gasteiger partial charge is 0.497 e. The van der Waals surface area contributed by atoms with Crippen molar-refractivity contribution in [2.24, 2.45) is 0 Å². The Morgan fingerprint density at radius 2 is 1.85 bits per heavy atom. The number of hydrogen-bond acceptors (Lipinski definition) is 3. The van der Waals surface area contributed by atoms with E-state index in [2.05, 4.69) is 5.32 Å². The monoisotopic (exact) mass is 291 g/mol. The summed E-state index contributed by atoms with van der Waals surface area (Å²) >= 11 is 1.55. The summed E-state index contributed by atoms with van der Waals surface area (Å²) in [5.41, 5.74) is 0.961. The van der Waals surface area contributed by atoms with Crippen LogP contribution in [0.4, 0.5) is 4.39 Å². The molecule has 0 saturated heterocycles. The van der Waals surface area contributed by atoms with Gasteiger partial charge in [-0.3, -0.25) is 0 Å². The van der Waals surface area contributed by atoms with Crippen molar-refractivity contribution in [1.82, 2.24) is 5.32 Å². The third-order valence-electron chi connectivity index (χ3n) is 2.81. The van der Waals surface area contributed by atoms with Crippen LogP contribution in [0.2, 0.25) is 0 Å². The molecule has 0 aliphatic carbocycles. The Labute approximate surface area is 123 Å². The summed E-state index contributed by atoms with van der Waals surface area (Å²) in [4.78, 5) is 1.97. The summed E-state index contributed by atoms with van der Waals surface area (Å²) in [6.07, 6.45) is 0. The molecule has 4 heteroatoms. The Morgan fingerprint density at radius 1 is 1.10 bits per heavy atom. The molecule has 0 amide bonds. The second-order valence-corrected chi connectivity index (χ2v) is 5.50. The fraction of sp³-hybridized carbons (Fsp3) is 0.250. The van der Waals surface area contributed by atoms with Crippen molar-refractivity contribution in [1.29, 1.82) is 0 Å². The van der Waals surface area contributed by atoms with Crippen molar-refractivity contribution in [2.45, 2.75) is 23.3 Å². The average molecular weight is 291 g/mol. The number of hydrogen-bond donors (Lipinski definition) is 1. The summed E-state index contributed by atoms with van der Waals surface area (Å²) < 4.78 is 18.7. The van der Waals surface area contributed by atoms with E-state index in [0.29, 0.717) is 6.54 Å². The molecule has 0 bridgehead atoms. The molecule has 0 aliphatic rings. The quantitative estimate of drug-likeness (QED) is 0.866. The summed E-state index contributed by atoms with van der Waals surface area (Å²) in [5.74, 6) is 0.623. The predicted octanol–water partition coefficient (Wildman–Crippen LogP) is 4.10. The zero-order valence-corrected chi connectivity index (χ0v) is 12.5. The molecule has 0 spiro atoms. The summed E-state index contributed by atoms with van der Waals surface area (Å²) in [6.45, 7) is 3.59. The van der Waals surface area contributed by atoms with E-state index in [1.54, 1.807) is 31.0 Å². The van der Waals surface area contributed by atoms with Crippen LogP contribution in [0.25, 0.3) is 0 Å². The molecule has 2 aromatic rings. The lowest BCUT2D eigenvalue weighted by molar-refractivity contribution is 0.414. The molecule has 0 fully saturated rings. The van der Waals surface area contributed by atoms with Gasteiger partial charge in [0, 0.05) is 16.3 Å². The van der Waals surface area contributed by atoms with Gasteiger partial charge in [0.2, 0.25) is 0 Å². The lowest BCUT2D eigenvalue weighted by atomic mass is 10.2. The molecule has 2 aromatic carbocycles. The first-order chi connectivity index (χ1) is 9.71. The highest BCUT2D eigenvalue weighted by atomic mass is 32.2. The van der Waals surface area contributed by atoms with Gasteiger partial charge in [0.1, 0.15) is 11.6 Å². The Hall–Kier alpha value is -1.52. The van der Waals surface area contributed by atoms with Gasteiger partial charge >= 0.3 is 0 Å². The molecule has 1 N–H and O–H groups in total. The fourth-order valence-electron chi connectivity index (χ4n) is 1.83. The molecular formula is C16H18FNOS. The van der Waals surface area contributed by atoms with E-state index >= 15 is 0 Å². The third-order valence-corrected chi connectivity index (χ3v) is 3.78. The zero-order chi connectivity index (χ0) is 14.4. The highest BCUT2D eigenvalue weighted by Gasteiger charge is 2.03. The third kappa shape index (κ3) is 4.25. The van der Waals surface area contributed by atoms with Crippen molar-refractivity contribution in [2.75, 3.05) is 13.7 Å². The number of methoxy groups -OCH3 is 1. The minimum Gasteiger partial charge on any atom is -0.497 e. The van der Waals surface area contributed by atoms with Crippen molar-refractivity contribution in [3.63, 3.8) is 0 Å². The molecule has 106 valence electrons. The van der Waals surface area contributed by atoms with E-state index in [4.69, 9.17) is 4.74 Å². The molecule has 0 aliphatic heterocycles. The van der Waals surface area contributed by atoms with Gasteiger partial charge in [0.25, 0.3) is 0 Å². The molecule has 0 atom stereocenters. The molecule has 2 nitrogen and oxygen atoms in total. The lowest BCUT2D eigenvalue weighted by Gasteiger charge is -2.07. The van der Waals surface area contributed by atoms with Crippen LogP contribution in [0.15, 0.2) is 52.3 Å². The molecule has 0 saturated carbocycles. The minimum absolute atomic E-state index is 0.198. The first-order valence-corrected chi connectivity index (χ1v) is 7.35. The number of rotatable bonds is 6. The van der Waals surface area contributed by atoms with Crippen LogP contribution in [0, 0.1) is 5.82 Å². The van der Waals surface area contributed by atoms with Crippen LogP contribution < -0.4 is 10.1 Å². The Bertz CT molecular complexity index is 557. The minimum atomic E-state index is -0.198. The summed E-state index contributed by atoms with van der Waals surface area (Å²) in [6, 6.07) is 12.9. The number of nitrogens with one attached hydrogen (secondary N) is 1. The van der Waals surface area contributed by atoms with Crippen molar-refractivity contribution in [3.05, 3.63) is 53.8 Å². The maximum Gasteiger partial charge on any atom is 0.124 e. The van der Waals surface area contributed by atoms with Gasteiger partial charge in [-0.15, -0.1) is 0 Å². The van der Waals surface area contributed by atoms with Crippen LogP contribution in [0.1, 0.15) is 12.5 Å². The molecule has 0 unspecified atom stereocenters. The van der Waals surface area contributed by atoms with E-state index in [1.807, 2.05) is 37.3 Å². The van der Waals surface area contributed by atoms with Crippen LogP contribution in [-0.4, -0.2) is 13.7 Å². The molecule has 2 rings (SSSR count). The van der Waals surface area contributed by atoms with Crippen LogP contribution in [-0.2, 0) is 6.54 Å². The summed E-state index contributed by atoms with van der Waals surface area (Å²) in [5, 5.41) is 3.21. The number of benzene rings is 2. The van der Waals surface area contributed by atoms with E-state index < -0.39 is 0 Å². The van der Waals surface area contributed by atoms with Gasteiger partial charge in [0.05, 0.1) is 7.11 Å². The number of halogens is 1. The van der Waals surface area contributed by atoms with Crippen LogP contribution >= 0.6 is 11.8 Å². The van der Waals surface area contributed by atoms with E-state index in [9.17, 15) is 4.39 Å². The molecule has 0 aromatic heterocycles. The van der Waals surface area contributed by atoms with Gasteiger partial charge in [-0.05, 0) is 54.6 Å². The normalized spacial score (nSPS) is 10.6. The van der Waals surface area contributed by atoms with E-state index in [-0.39, 0.29) is 5.82 Å². The van der Waals surface area contributed by atoms with Crippen molar-refractivity contribution >= 4 is 11.8 Å². The Morgan fingerprint density at radius 3 is 2.50 bits per heavy atom. The van der Waals surface area contributed by atoms with Crippen LogP contribution in [0.3, 0.4) is 0 Å². The topological polar surface area (TPSA) is 21.3 Å². The van der Waals surface area contributed by atoms with E-state index in [1.165, 1.54) is 0 Å². The predicted molar refractivity (Wildman–Crippen MR) is 80.9 cm³/mol. The van der Waals surface area contributed by atoms with Gasteiger partial charge < -0.3 is 10.1 Å². The fourth-order valence-corrected chi connectivity index (χ4v) is 2.76. The second-order valence-electron chi connectivity index (χ2n) is 4.35. The average Bonchev–Trinajstić information content (AvgIpc) is 2.45. The van der Waals surface area contributed by atoms with Gasteiger partial charge in [0.15, 0.2) is 0 Å².